The third-order valence-corrected chi connectivity index (χ3v) is 6.05. The van der Waals surface area contributed by atoms with Crippen molar-refractivity contribution in [3.63, 3.8) is 0 Å². The molecular weight excluding hydrogens is 426 g/mol. The fourth-order valence-electron chi connectivity index (χ4n) is 3.61. The number of hydrogen-bond donors (Lipinski definition) is 1. The van der Waals surface area contributed by atoms with E-state index in [4.69, 9.17) is 20.8 Å². The van der Waals surface area contributed by atoms with E-state index in [1.165, 1.54) is 29.6 Å². The van der Waals surface area contributed by atoms with Crippen molar-refractivity contribution in [3.05, 3.63) is 80.4 Å². The predicted octanol–water partition coefficient (Wildman–Crippen LogP) is 4.93. The Morgan fingerprint density at radius 2 is 2.10 bits per heavy atom. The van der Waals surface area contributed by atoms with Gasteiger partial charge in [-0.25, -0.2) is 0 Å². The minimum Gasteiger partial charge on any atom is -0.507 e. The molecule has 1 unspecified atom stereocenters. The smallest absolute Gasteiger partial charge is 0.296 e. The quantitative estimate of drug-likeness (QED) is 0.343. The first kappa shape index (κ1) is 20.3. The van der Waals surface area contributed by atoms with Crippen molar-refractivity contribution in [1.82, 2.24) is 4.90 Å². The molecule has 0 saturated carbocycles. The van der Waals surface area contributed by atoms with Crippen LogP contribution in [-0.4, -0.2) is 28.8 Å². The first-order chi connectivity index (χ1) is 14.4. The number of ketones is 1. The molecule has 1 atom stereocenters. The van der Waals surface area contributed by atoms with Crippen molar-refractivity contribution < 1.29 is 23.8 Å². The SMILES string of the molecule is COc1c(Cl)cc(C)cc1/C(O)=C1/C(=O)C(=O)N(Cc2cccs2)C1c1ccco1. The number of nitrogens with zero attached hydrogens (tertiary/aromatic N) is 1. The average molecular weight is 444 g/mol. The van der Waals surface area contributed by atoms with Crippen LogP contribution >= 0.6 is 22.9 Å². The van der Waals surface area contributed by atoms with Crippen LogP contribution < -0.4 is 4.74 Å². The lowest BCUT2D eigenvalue weighted by molar-refractivity contribution is -0.140. The highest BCUT2D eigenvalue weighted by Crippen LogP contribution is 2.43. The number of aliphatic hydroxyl groups is 1. The molecule has 154 valence electrons. The third kappa shape index (κ3) is 3.40. The first-order valence-electron chi connectivity index (χ1n) is 9.11. The van der Waals surface area contributed by atoms with Crippen molar-refractivity contribution in [1.29, 1.82) is 0 Å². The number of carbonyl (C=O) groups is 2. The van der Waals surface area contributed by atoms with Crippen LogP contribution in [0.5, 0.6) is 5.75 Å². The molecular formula is C22H18ClNO5S. The van der Waals surface area contributed by atoms with Gasteiger partial charge in [-0.2, -0.15) is 0 Å². The number of carbonyl (C=O) groups excluding carboxylic acids is 2. The van der Waals surface area contributed by atoms with E-state index in [2.05, 4.69) is 0 Å². The number of thiophene rings is 1. The Morgan fingerprint density at radius 3 is 2.73 bits per heavy atom. The lowest BCUT2D eigenvalue weighted by atomic mass is 9.98. The largest absolute Gasteiger partial charge is 0.507 e. The van der Waals surface area contributed by atoms with E-state index in [0.29, 0.717) is 10.8 Å². The Morgan fingerprint density at radius 1 is 1.30 bits per heavy atom. The number of ether oxygens (including phenoxy) is 1. The van der Waals surface area contributed by atoms with Crippen molar-refractivity contribution in [2.75, 3.05) is 7.11 Å². The van der Waals surface area contributed by atoms with Crippen molar-refractivity contribution in [2.45, 2.75) is 19.5 Å². The van der Waals surface area contributed by atoms with E-state index in [-0.39, 0.29) is 29.2 Å². The van der Waals surface area contributed by atoms with E-state index >= 15 is 0 Å². The van der Waals surface area contributed by atoms with Crippen LogP contribution in [0, 0.1) is 6.92 Å². The summed E-state index contributed by atoms with van der Waals surface area (Å²) in [6, 6.07) is 9.58. The van der Waals surface area contributed by atoms with Crippen LogP contribution in [-0.2, 0) is 16.1 Å². The van der Waals surface area contributed by atoms with Gasteiger partial charge in [0, 0.05) is 4.88 Å². The predicted molar refractivity (Wildman–Crippen MR) is 114 cm³/mol. The minimum atomic E-state index is -0.869. The van der Waals surface area contributed by atoms with Gasteiger partial charge in [0.15, 0.2) is 0 Å². The molecule has 0 bridgehead atoms. The molecule has 0 radical (unpaired) electrons. The maximum Gasteiger partial charge on any atom is 0.296 e. The molecule has 1 aliphatic heterocycles. The normalized spacial score (nSPS) is 18.2. The highest BCUT2D eigenvalue weighted by atomic mass is 35.5. The Labute approximate surface area is 181 Å². The van der Waals surface area contributed by atoms with Gasteiger partial charge in [0.25, 0.3) is 11.7 Å². The zero-order chi connectivity index (χ0) is 21.4. The second-order valence-corrected chi connectivity index (χ2v) is 8.29. The third-order valence-electron chi connectivity index (χ3n) is 4.91. The molecule has 1 fully saturated rings. The standard InChI is InChI=1S/C22H18ClNO5S/c1-12-9-14(21(28-2)15(23)10-12)19(25)17-18(16-6-3-7-29-16)24(22(27)20(17)26)11-13-5-4-8-30-13/h3-10,18,25H,11H2,1-2H3/b19-17-. The molecule has 0 spiro atoms. The molecule has 2 aromatic heterocycles. The summed E-state index contributed by atoms with van der Waals surface area (Å²) in [5.74, 6) is -1.24. The highest BCUT2D eigenvalue weighted by molar-refractivity contribution is 7.09. The molecule has 4 rings (SSSR count). The summed E-state index contributed by atoms with van der Waals surface area (Å²) in [6.45, 7) is 2.03. The van der Waals surface area contributed by atoms with E-state index in [9.17, 15) is 14.7 Å². The van der Waals surface area contributed by atoms with E-state index < -0.39 is 17.7 Å². The molecule has 3 heterocycles. The van der Waals surface area contributed by atoms with Crippen LogP contribution in [0.3, 0.4) is 0 Å². The molecule has 1 N–H and O–H groups in total. The molecule has 1 amide bonds. The first-order valence-corrected chi connectivity index (χ1v) is 10.4. The summed E-state index contributed by atoms with van der Waals surface area (Å²) in [5.41, 5.74) is 0.948. The van der Waals surface area contributed by atoms with Gasteiger partial charge >= 0.3 is 0 Å². The van der Waals surface area contributed by atoms with Gasteiger partial charge in [-0.15, -0.1) is 11.3 Å². The maximum atomic E-state index is 13.0. The van der Waals surface area contributed by atoms with Crippen LogP contribution in [0.25, 0.3) is 5.76 Å². The summed E-state index contributed by atoms with van der Waals surface area (Å²) in [6.07, 6.45) is 1.46. The topological polar surface area (TPSA) is 80.0 Å². The average Bonchev–Trinajstić information content (AvgIpc) is 3.46. The van der Waals surface area contributed by atoms with E-state index in [1.54, 1.807) is 24.3 Å². The van der Waals surface area contributed by atoms with E-state index in [1.807, 2.05) is 24.4 Å². The van der Waals surface area contributed by atoms with Gasteiger partial charge in [-0.3, -0.25) is 9.59 Å². The number of Topliss-reactive ketones (excluding diaryl/α,β-unsaturated/α-hetero) is 1. The van der Waals surface area contributed by atoms with Crippen molar-refractivity contribution in [3.8, 4) is 5.75 Å². The fourth-order valence-corrected chi connectivity index (χ4v) is 4.67. The summed E-state index contributed by atoms with van der Waals surface area (Å²) in [4.78, 5) is 28.2. The number of furan rings is 1. The molecule has 3 aromatic rings. The number of aryl methyl sites for hydroxylation is 1. The van der Waals surface area contributed by atoms with Gasteiger partial charge < -0.3 is 19.2 Å². The second-order valence-electron chi connectivity index (χ2n) is 6.85. The number of aliphatic hydroxyl groups excluding tert-OH is 1. The molecule has 30 heavy (non-hydrogen) atoms. The Balaban J connectivity index is 1.91. The molecule has 6 nitrogen and oxygen atoms in total. The van der Waals surface area contributed by atoms with Crippen molar-refractivity contribution >= 4 is 40.4 Å². The summed E-state index contributed by atoms with van der Waals surface area (Å²) in [5, 5.41) is 13.4. The van der Waals surface area contributed by atoms with Crippen LogP contribution in [0.15, 0.2) is 58.0 Å². The molecule has 1 saturated heterocycles. The number of benzene rings is 1. The zero-order valence-electron chi connectivity index (χ0n) is 16.2. The maximum absolute atomic E-state index is 13.0. The number of halogens is 1. The second kappa shape index (κ2) is 8.01. The number of amides is 1. The van der Waals surface area contributed by atoms with Crippen LogP contribution in [0.2, 0.25) is 5.02 Å². The van der Waals surface area contributed by atoms with Gasteiger partial charge in [-0.05, 0) is 48.2 Å². The van der Waals surface area contributed by atoms with E-state index in [0.717, 1.165) is 10.4 Å². The van der Waals surface area contributed by atoms with Gasteiger partial charge in [0.1, 0.15) is 23.3 Å². The zero-order valence-corrected chi connectivity index (χ0v) is 17.8. The van der Waals surface area contributed by atoms with Gasteiger partial charge in [0.05, 0.1) is 36.1 Å². The number of hydrogen-bond acceptors (Lipinski definition) is 6. The number of likely N-dealkylation sites (tertiary alicyclic amines) is 1. The Hall–Kier alpha value is -3.03. The fraction of sp³-hybridized carbons (Fsp3) is 0.182. The number of methoxy groups -OCH3 is 1. The molecule has 1 aliphatic rings. The number of rotatable bonds is 5. The Bertz CT molecular complexity index is 1130. The minimum absolute atomic E-state index is 0.0635. The summed E-state index contributed by atoms with van der Waals surface area (Å²) in [7, 11) is 1.42. The lowest BCUT2D eigenvalue weighted by Crippen LogP contribution is -2.28. The monoisotopic (exact) mass is 443 g/mol. The summed E-state index contributed by atoms with van der Waals surface area (Å²) < 4.78 is 10.9. The lowest BCUT2D eigenvalue weighted by Gasteiger charge is -2.23. The highest BCUT2D eigenvalue weighted by Gasteiger charge is 2.47. The van der Waals surface area contributed by atoms with Crippen molar-refractivity contribution in [2.24, 2.45) is 0 Å². The Kier molecular flexibility index (Phi) is 5.40. The molecule has 1 aromatic carbocycles. The summed E-state index contributed by atoms with van der Waals surface area (Å²) >= 11 is 7.75. The van der Waals surface area contributed by atoms with Gasteiger partial charge in [-0.1, -0.05) is 17.7 Å². The molecule has 0 aliphatic carbocycles. The van der Waals surface area contributed by atoms with Crippen LogP contribution in [0.4, 0.5) is 0 Å². The van der Waals surface area contributed by atoms with Crippen LogP contribution in [0.1, 0.15) is 27.8 Å². The molecule has 8 heteroatoms. The van der Waals surface area contributed by atoms with Gasteiger partial charge in [0.2, 0.25) is 0 Å².